The van der Waals surface area contributed by atoms with Crippen molar-refractivity contribution < 1.29 is 4.79 Å². The number of hydrogen-bond acceptors (Lipinski definition) is 6. The summed E-state index contributed by atoms with van der Waals surface area (Å²) in [5, 5.41) is 5.78. The number of piperidine rings is 1. The van der Waals surface area contributed by atoms with Crippen LogP contribution in [-0.2, 0) is 4.79 Å². The van der Waals surface area contributed by atoms with Crippen molar-refractivity contribution in [1.29, 1.82) is 0 Å². The molecule has 4 aromatic rings. The molecule has 0 spiro atoms. The fourth-order valence-electron chi connectivity index (χ4n) is 5.64. The fourth-order valence-corrected chi connectivity index (χ4v) is 5.64. The maximum absolute atomic E-state index is 11.6. The van der Waals surface area contributed by atoms with Gasteiger partial charge in [-0.05, 0) is 37.5 Å². The van der Waals surface area contributed by atoms with Crippen molar-refractivity contribution in [2.24, 2.45) is 0 Å². The summed E-state index contributed by atoms with van der Waals surface area (Å²) in [5.74, 6) is 0.199. The number of anilines is 1. The lowest BCUT2D eigenvalue weighted by molar-refractivity contribution is -0.130. The molecule has 2 aliphatic heterocycles. The molecule has 8 heteroatoms. The van der Waals surface area contributed by atoms with Gasteiger partial charge in [0.15, 0.2) is 5.65 Å². The predicted molar refractivity (Wildman–Crippen MR) is 138 cm³/mol. The van der Waals surface area contributed by atoms with Crippen molar-refractivity contribution in [2.75, 3.05) is 44.2 Å². The first kappa shape index (κ1) is 22.0. The Morgan fingerprint density at radius 1 is 0.971 bits per heavy atom. The summed E-state index contributed by atoms with van der Waals surface area (Å²) in [5.41, 5.74) is 6.09. The molecule has 0 unspecified atom stereocenters. The van der Waals surface area contributed by atoms with Gasteiger partial charge in [0, 0.05) is 68.9 Å². The van der Waals surface area contributed by atoms with Crippen LogP contribution < -0.4 is 4.90 Å². The van der Waals surface area contributed by atoms with Crippen molar-refractivity contribution >= 4 is 28.1 Å². The average Bonchev–Trinajstić information content (AvgIpc) is 3.31. The molecule has 3 aromatic heterocycles. The Hall–Kier alpha value is -3.52. The highest BCUT2D eigenvalue weighted by atomic mass is 16.2. The van der Waals surface area contributed by atoms with E-state index in [1.165, 1.54) is 0 Å². The second-order valence-electron chi connectivity index (χ2n) is 9.73. The van der Waals surface area contributed by atoms with Gasteiger partial charge in [-0.2, -0.15) is 5.10 Å². The number of benzene rings is 1. The molecule has 35 heavy (non-hydrogen) atoms. The normalized spacial score (nSPS) is 18.0. The Morgan fingerprint density at radius 2 is 1.74 bits per heavy atom. The van der Waals surface area contributed by atoms with Gasteiger partial charge >= 0.3 is 0 Å². The molecule has 0 N–H and O–H groups in total. The topological polar surface area (TPSA) is 69.9 Å². The minimum Gasteiger partial charge on any atom is -0.366 e. The zero-order valence-corrected chi connectivity index (χ0v) is 20.4. The molecule has 0 bridgehead atoms. The van der Waals surface area contributed by atoms with E-state index in [0.717, 1.165) is 91.2 Å². The molecule has 6 rings (SSSR count). The van der Waals surface area contributed by atoms with Gasteiger partial charge in [0.05, 0.1) is 29.8 Å². The summed E-state index contributed by atoms with van der Waals surface area (Å²) < 4.78 is 1.90. The molecular weight excluding hydrogens is 438 g/mol. The number of para-hydroxylation sites is 1. The third-order valence-electron chi connectivity index (χ3n) is 7.58. The third-order valence-corrected chi connectivity index (χ3v) is 7.58. The zero-order chi connectivity index (χ0) is 23.9. The zero-order valence-electron chi connectivity index (χ0n) is 20.4. The third kappa shape index (κ3) is 4.12. The standard InChI is InChI=1S/C27H31N7O/c1-19-15-24(23-5-3-4-6-26(23)30-19)25-17-29-34-18-22(16-28-27(25)34)33-13-11-32(12-14-33)21-7-9-31(10-8-21)20(2)35/h3-6,15-18,21H,7-14H2,1-2H3. The summed E-state index contributed by atoms with van der Waals surface area (Å²) in [6.45, 7) is 9.49. The monoisotopic (exact) mass is 469 g/mol. The number of amides is 1. The number of carbonyl (C=O) groups is 1. The lowest BCUT2D eigenvalue weighted by Crippen LogP contribution is -2.53. The summed E-state index contributed by atoms with van der Waals surface area (Å²) in [6.07, 6.45) is 8.15. The molecule has 0 saturated carbocycles. The van der Waals surface area contributed by atoms with Crippen molar-refractivity contribution in [3.05, 3.63) is 54.6 Å². The molecule has 2 aliphatic rings. The van der Waals surface area contributed by atoms with Crippen LogP contribution in [0.3, 0.4) is 0 Å². The smallest absolute Gasteiger partial charge is 0.219 e. The summed E-state index contributed by atoms with van der Waals surface area (Å²) in [4.78, 5) is 28.1. The summed E-state index contributed by atoms with van der Waals surface area (Å²) in [6, 6.07) is 10.9. The Morgan fingerprint density at radius 3 is 2.51 bits per heavy atom. The Bertz CT molecular complexity index is 1380. The number of pyridine rings is 1. The summed E-state index contributed by atoms with van der Waals surface area (Å²) in [7, 11) is 0. The highest BCUT2D eigenvalue weighted by molar-refractivity contribution is 5.98. The maximum Gasteiger partial charge on any atom is 0.219 e. The van der Waals surface area contributed by atoms with Gasteiger partial charge in [0.1, 0.15) is 0 Å². The number of rotatable bonds is 3. The molecule has 1 aromatic carbocycles. The van der Waals surface area contributed by atoms with E-state index in [-0.39, 0.29) is 5.91 Å². The number of likely N-dealkylation sites (tertiary alicyclic amines) is 1. The van der Waals surface area contributed by atoms with Crippen molar-refractivity contribution in [3.8, 4) is 11.1 Å². The second kappa shape index (κ2) is 8.92. The van der Waals surface area contributed by atoms with Crippen LogP contribution in [0.4, 0.5) is 5.69 Å². The van der Waals surface area contributed by atoms with E-state index in [1.807, 2.05) is 40.9 Å². The van der Waals surface area contributed by atoms with Crippen molar-refractivity contribution in [3.63, 3.8) is 0 Å². The lowest BCUT2D eigenvalue weighted by Gasteiger charge is -2.43. The van der Waals surface area contributed by atoms with E-state index in [1.54, 1.807) is 6.92 Å². The van der Waals surface area contributed by atoms with Crippen LogP contribution in [-0.4, -0.2) is 80.6 Å². The molecule has 2 saturated heterocycles. The van der Waals surface area contributed by atoms with Gasteiger partial charge in [-0.1, -0.05) is 18.2 Å². The van der Waals surface area contributed by atoms with Crippen molar-refractivity contribution in [1.82, 2.24) is 29.4 Å². The largest absolute Gasteiger partial charge is 0.366 e. The van der Waals surface area contributed by atoms with E-state index < -0.39 is 0 Å². The SMILES string of the molecule is CC(=O)N1CCC(N2CCN(c3cnc4c(-c5cc(C)nc6ccccc56)cnn4c3)CC2)CC1. The Kier molecular flexibility index (Phi) is 5.60. The van der Waals surface area contributed by atoms with Gasteiger partial charge in [-0.15, -0.1) is 0 Å². The number of nitrogens with zero attached hydrogens (tertiary/aromatic N) is 7. The molecule has 0 aliphatic carbocycles. The molecule has 0 radical (unpaired) electrons. The molecule has 0 atom stereocenters. The van der Waals surface area contributed by atoms with Crippen LogP contribution in [0.5, 0.6) is 0 Å². The number of piperazine rings is 1. The van der Waals surface area contributed by atoms with Gasteiger partial charge in [-0.3, -0.25) is 14.7 Å². The highest BCUT2D eigenvalue weighted by Crippen LogP contribution is 2.31. The van der Waals surface area contributed by atoms with E-state index >= 15 is 0 Å². The number of aromatic nitrogens is 4. The van der Waals surface area contributed by atoms with Crippen LogP contribution in [0.15, 0.2) is 48.9 Å². The first-order valence-corrected chi connectivity index (χ1v) is 12.5. The van der Waals surface area contributed by atoms with Crippen LogP contribution in [0.25, 0.3) is 27.7 Å². The van der Waals surface area contributed by atoms with Crippen LogP contribution in [0.1, 0.15) is 25.5 Å². The van der Waals surface area contributed by atoms with Crippen LogP contribution in [0, 0.1) is 6.92 Å². The predicted octanol–water partition coefficient (Wildman–Crippen LogP) is 3.39. The van der Waals surface area contributed by atoms with Gasteiger partial charge in [-0.25, -0.2) is 9.50 Å². The molecule has 8 nitrogen and oxygen atoms in total. The minimum absolute atomic E-state index is 0.199. The van der Waals surface area contributed by atoms with E-state index in [0.29, 0.717) is 6.04 Å². The lowest BCUT2D eigenvalue weighted by atomic mass is 10.0. The molecule has 5 heterocycles. The quantitative estimate of drug-likeness (QED) is 0.458. The number of hydrogen-bond donors (Lipinski definition) is 0. The number of fused-ring (bicyclic) bond motifs is 2. The maximum atomic E-state index is 11.6. The Labute approximate surface area is 205 Å². The number of aryl methyl sites for hydroxylation is 1. The van der Waals surface area contributed by atoms with Gasteiger partial charge in [0.25, 0.3) is 0 Å². The first-order valence-electron chi connectivity index (χ1n) is 12.5. The molecule has 1 amide bonds. The van der Waals surface area contributed by atoms with Crippen LogP contribution >= 0.6 is 0 Å². The fraction of sp³-hybridized carbons (Fsp3) is 0.407. The first-order chi connectivity index (χ1) is 17.1. The van der Waals surface area contributed by atoms with Gasteiger partial charge < -0.3 is 9.80 Å². The second-order valence-corrected chi connectivity index (χ2v) is 9.73. The Balaban J connectivity index is 1.19. The molecule has 180 valence electrons. The van der Waals surface area contributed by atoms with Gasteiger partial charge in [0.2, 0.25) is 5.91 Å². The molecule has 2 fully saturated rings. The molecular formula is C27H31N7O. The van der Waals surface area contributed by atoms with Crippen molar-refractivity contribution in [2.45, 2.75) is 32.7 Å². The highest BCUT2D eigenvalue weighted by Gasteiger charge is 2.28. The minimum atomic E-state index is 0.199. The van der Waals surface area contributed by atoms with Crippen LogP contribution in [0.2, 0.25) is 0 Å². The summed E-state index contributed by atoms with van der Waals surface area (Å²) >= 11 is 0. The number of carbonyl (C=O) groups excluding carboxylic acids is 1. The van der Waals surface area contributed by atoms with E-state index in [9.17, 15) is 4.79 Å². The average molecular weight is 470 g/mol. The van der Waals surface area contributed by atoms with E-state index in [4.69, 9.17) is 4.98 Å². The van der Waals surface area contributed by atoms with E-state index in [2.05, 4.69) is 44.3 Å².